The van der Waals surface area contributed by atoms with Crippen LogP contribution in [0.2, 0.25) is 0 Å². The molecule has 7 heteroatoms. The van der Waals surface area contributed by atoms with Gasteiger partial charge in [-0.3, -0.25) is 0 Å². The minimum atomic E-state index is -0.446. The van der Waals surface area contributed by atoms with Crippen LogP contribution in [0.15, 0.2) is 35.5 Å². The van der Waals surface area contributed by atoms with E-state index in [-0.39, 0.29) is 6.04 Å². The lowest BCUT2D eigenvalue weighted by atomic mass is 9.96. The summed E-state index contributed by atoms with van der Waals surface area (Å²) in [6, 6.07) is 10.5. The standard InChI is InChI=1S/C15H20N4O2S/c1-12(2)19-14(16-17-18-19)22-11-15(10-20-8-9-21-15)13-6-4-3-5-7-13/h3-7,12H,8-11H2,1-2H3. The van der Waals surface area contributed by atoms with Gasteiger partial charge in [-0.2, -0.15) is 0 Å². The van der Waals surface area contributed by atoms with Crippen LogP contribution >= 0.6 is 11.8 Å². The molecule has 1 aromatic heterocycles. The monoisotopic (exact) mass is 320 g/mol. The third kappa shape index (κ3) is 3.16. The molecular formula is C15H20N4O2S. The van der Waals surface area contributed by atoms with Crippen LogP contribution in [-0.2, 0) is 15.1 Å². The highest BCUT2D eigenvalue weighted by atomic mass is 32.2. The molecule has 1 aliphatic rings. The van der Waals surface area contributed by atoms with Crippen LogP contribution in [0.25, 0.3) is 0 Å². The van der Waals surface area contributed by atoms with E-state index < -0.39 is 5.60 Å². The van der Waals surface area contributed by atoms with Gasteiger partial charge in [-0.05, 0) is 29.8 Å². The van der Waals surface area contributed by atoms with Crippen molar-refractivity contribution in [2.24, 2.45) is 0 Å². The SMILES string of the molecule is CC(C)n1nnnc1SCC1(c2ccccc2)COCCO1. The average molecular weight is 320 g/mol. The zero-order valence-corrected chi connectivity index (χ0v) is 13.6. The topological polar surface area (TPSA) is 62.1 Å². The summed E-state index contributed by atoms with van der Waals surface area (Å²) in [5.74, 6) is 0.712. The van der Waals surface area contributed by atoms with Crippen LogP contribution in [0, 0.1) is 0 Å². The Balaban J connectivity index is 1.80. The minimum Gasteiger partial charge on any atom is -0.376 e. The highest BCUT2D eigenvalue weighted by molar-refractivity contribution is 7.99. The van der Waals surface area contributed by atoms with Gasteiger partial charge < -0.3 is 9.47 Å². The van der Waals surface area contributed by atoms with Gasteiger partial charge in [0.1, 0.15) is 5.60 Å². The number of hydrogen-bond acceptors (Lipinski definition) is 6. The Hall–Kier alpha value is -1.44. The minimum absolute atomic E-state index is 0.230. The molecule has 0 N–H and O–H groups in total. The molecule has 1 unspecified atom stereocenters. The molecule has 1 saturated heterocycles. The first-order chi connectivity index (χ1) is 10.7. The smallest absolute Gasteiger partial charge is 0.209 e. The molecule has 6 nitrogen and oxygen atoms in total. The molecule has 0 bridgehead atoms. The van der Waals surface area contributed by atoms with E-state index >= 15 is 0 Å². The molecule has 2 aromatic rings. The summed E-state index contributed by atoms with van der Waals surface area (Å²) >= 11 is 1.60. The summed E-state index contributed by atoms with van der Waals surface area (Å²) in [6.07, 6.45) is 0. The number of rotatable bonds is 5. The Morgan fingerprint density at radius 3 is 2.77 bits per heavy atom. The largest absolute Gasteiger partial charge is 0.376 e. The molecule has 2 heterocycles. The van der Waals surface area contributed by atoms with Crippen molar-refractivity contribution < 1.29 is 9.47 Å². The Labute approximate surface area is 134 Å². The molecule has 3 rings (SSSR count). The Kier molecular flexibility index (Phi) is 4.75. The molecule has 118 valence electrons. The summed E-state index contributed by atoms with van der Waals surface area (Å²) in [7, 11) is 0. The van der Waals surface area contributed by atoms with E-state index in [2.05, 4.69) is 41.5 Å². The summed E-state index contributed by atoms with van der Waals surface area (Å²) in [4.78, 5) is 0. The molecule has 0 amide bonds. The summed E-state index contributed by atoms with van der Waals surface area (Å²) in [6.45, 7) is 5.92. The molecule has 0 saturated carbocycles. The van der Waals surface area contributed by atoms with E-state index in [4.69, 9.17) is 9.47 Å². The number of thioether (sulfide) groups is 1. The van der Waals surface area contributed by atoms with Crippen LogP contribution < -0.4 is 0 Å². The van der Waals surface area contributed by atoms with E-state index in [0.29, 0.717) is 25.6 Å². The highest BCUT2D eigenvalue weighted by Crippen LogP contribution is 2.34. The number of aromatic nitrogens is 4. The van der Waals surface area contributed by atoms with Crippen molar-refractivity contribution in [2.45, 2.75) is 30.6 Å². The fraction of sp³-hybridized carbons (Fsp3) is 0.533. The number of nitrogens with zero attached hydrogens (tertiary/aromatic N) is 4. The van der Waals surface area contributed by atoms with E-state index in [1.165, 1.54) is 0 Å². The van der Waals surface area contributed by atoms with Gasteiger partial charge in [0.05, 0.1) is 25.9 Å². The van der Waals surface area contributed by atoms with Crippen molar-refractivity contribution in [1.82, 2.24) is 20.2 Å². The van der Waals surface area contributed by atoms with E-state index in [1.807, 2.05) is 22.9 Å². The van der Waals surface area contributed by atoms with Gasteiger partial charge in [0.25, 0.3) is 0 Å². The molecule has 22 heavy (non-hydrogen) atoms. The first-order valence-corrected chi connectivity index (χ1v) is 8.38. The second-order valence-electron chi connectivity index (χ2n) is 5.55. The summed E-state index contributed by atoms with van der Waals surface area (Å²) in [5.41, 5.74) is 0.684. The number of benzene rings is 1. The first kappa shape index (κ1) is 15.5. The first-order valence-electron chi connectivity index (χ1n) is 7.39. The maximum absolute atomic E-state index is 6.13. The van der Waals surface area contributed by atoms with Crippen LogP contribution in [0.5, 0.6) is 0 Å². The van der Waals surface area contributed by atoms with Gasteiger partial charge in [-0.15, -0.1) is 5.10 Å². The molecular weight excluding hydrogens is 300 g/mol. The van der Waals surface area contributed by atoms with Gasteiger partial charge in [0.15, 0.2) is 0 Å². The normalized spacial score (nSPS) is 22.1. The fourth-order valence-corrected chi connectivity index (χ4v) is 3.61. The van der Waals surface area contributed by atoms with Crippen molar-refractivity contribution in [2.75, 3.05) is 25.6 Å². The van der Waals surface area contributed by atoms with Crippen LogP contribution in [0.1, 0.15) is 25.5 Å². The lowest BCUT2D eigenvalue weighted by Gasteiger charge is -2.37. The molecule has 0 radical (unpaired) electrons. The number of tetrazole rings is 1. The van der Waals surface area contributed by atoms with Gasteiger partial charge >= 0.3 is 0 Å². The predicted octanol–water partition coefficient (Wildman–Crippen LogP) is 2.29. The Bertz CT molecular complexity index is 597. The third-order valence-electron chi connectivity index (χ3n) is 3.63. The molecule has 1 atom stereocenters. The molecule has 0 spiro atoms. The lowest BCUT2D eigenvalue weighted by Crippen LogP contribution is -2.43. The maximum Gasteiger partial charge on any atom is 0.209 e. The summed E-state index contributed by atoms with van der Waals surface area (Å²) < 4.78 is 13.6. The van der Waals surface area contributed by atoms with E-state index in [9.17, 15) is 0 Å². The molecule has 1 aromatic carbocycles. The zero-order valence-electron chi connectivity index (χ0n) is 12.8. The van der Waals surface area contributed by atoms with Gasteiger partial charge in [0, 0.05) is 5.75 Å². The lowest BCUT2D eigenvalue weighted by molar-refractivity contribution is -0.150. The zero-order chi connectivity index (χ0) is 15.4. The van der Waals surface area contributed by atoms with Gasteiger partial charge in [0.2, 0.25) is 5.16 Å². The van der Waals surface area contributed by atoms with E-state index in [0.717, 1.165) is 10.7 Å². The Morgan fingerprint density at radius 1 is 1.27 bits per heavy atom. The molecule has 1 aliphatic heterocycles. The van der Waals surface area contributed by atoms with Crippen molar-refractivity contribution in [1.29, 1.82) is 0 Å². The van der Waals surface area contributed by atoms with Crippen molar-refractivity contribution in [3.8, 4) is 0 Å². The number of hydrogen-bond donors (Lipinski definition) is 0. The van der Waals surface area contributed by atoms with E-state index in [1.54, 1.807) is 11.8 Å². The van der Waals surface area contributed by atoms with Crippen molar-refractivity contribution in [3.63, 3.8) is 0 Å². The molecule has 0 aliphatic carbocycles. The third-order valence-corrected chi connectivity index (χ3v) is 4.76. The fourth-order valence-electron chi connectivity index (χ4n) is 2.44. The summed E-state index contributed by atoms with van der Waals surface area (Å²) in [5, 5.41) is 12.7. The van der Waals surface area contributed by atoms with Crippen LogP contribution in [0.4, 0.5) is 0 Å². The van der Waals surface area contributed by atoms with Crippen LogP contribution in [0.3, 0.4) is 0 Å². The second-order valence-corrected chi connectivity index (χ2v) is 6.49. The van der Waals surface area contributed by atoms with Crippen molar-refractivity contribution >= 4 is 11.8 Å². The highest BCUT2D eigenvalue weighted by Gasteiger charge is 2.37. The molecule has 1 fully saturated rings. The number of ether oxygens (including phenoxy) is 2. The maximum atomic E-state index is 6.13. The second kappa shape index (κ2) is 6.76. The Morgan fingerprint density at radius 2 is 2.09 bits per heavy atom. The quantitative estimate of drug-likeness (QED) is 0.788. The predicted molar refractivity (Wildman–Crippen MR) is 83.8 cm³/mol. The van der Waals surface area contributed by atoms with Crippen LogP contribution in [-0.4, -0.2) is 45.8 Å². The average Bonchev–Trinajstić information content (AvgIpc) is 3.04. The van der Waals surface area contributed by atoms with Gasteiger partial charge in [-0.1, -0.05) is 42.1 Å². The van der Waals surface area contributed by atoms with Crippen molar-refractivity contribution in [3.05, 3.63) is 35.9 Å². The van der Waals surface area contributed by atoms with Gasteiger partial charge in [-0.25, -0.2) is 4.68 Å².